The molecule has 11 nitrogen and oxygen atoms in total. The maximum Gasteiger partial charge on any atom is 0.303 e. The Bertz CT molecular complexity index is 871. The minimum absolute atomic E-state index is 0.0896. The number of benzene rings is 1. The first kappa shape index (κ1) is 25.9. The van der Waals surface area contributed by atoms with E-state index in [2.05, 4.69) is 5.32 Å². The first-order chi connectivity index (χ1) is 15.6. The van der Waals surface area contributed by atoms with E-state index in [9.17, 15) is 29.1 Å². The number of rotatable bonds is 9. The summed E-state index contributed by atoms with van der Waals surface area (Å²) in [6.45, 7) is 2.65. The molecule has 5 atom stereocenters. The van der Waals surface area contributed by atoms with Crippen molar-refractivity contribution in [3.05, 3.63) is 35.9 Å². The number of Topliss-reactive ketones (excluding diaryl/α,β-unsaturated/α-hetero) is 1. The summed E-state index contributed by atoms with van der Waals surface area (Å²) < 4.78 is 21.2. The molecule has 1 aliphatic heterocycles. The van der Waals surface area contributed by atoms with E-state index in [4.69, 9.17) is 18.9 Å². The fourth-order valence-corrected chi connectivity index (χ4v) is 3.38. The number of esters is 3. The summed E-state index contributed by atoms with van der Waals surface area (Å²) in [6, 6.07) is 8.43. The second-order valence-electron chi connectivity index (χ2n) is 7.36. The van der Waals surface area contributed by atoms with Gasteiger partial charge in [0, 0.05) is 39.2 Å². The second-order valence-corrected chi connectivity index (χ2v) is 7.36. The van der Waals surface area contributed by atoms with Gasteiger partial charge in [-0.2, -0.15) is 0 Å². The fraction of sp³-hybridized carbons (Fsp3) is 0.500. The summed E-state index contributed by atoms with van der Waals surface area (Å²) in [4.78, 5) is 59.7. The van der Waals surface area contributed by atoms with Crippen LogP contribution in [0.15, 0.2) is 30.3 Å². The van der Waals surface area contributed by atoms with E-state index < -0.39 is 61.1 Å². The monoisotopic (exact) mass is 465 g/mol. The third-order valence-electron chi connectivity index (χ3n) is 4.70. The highest BCUT2D eigenvalue weighted by molar-refractivity contribution is 5.97. The van der Waals surface area contributed by atoms with Crippen LogP contribution in [0.2, 0.25) is 0 Å². The summed E-state index contributed by atoms with van der Waals surface area (Å²) in [6.07, 6.45) is -6.87. The molecule has 1 heterocycles. The van der Waals surface area contributed by atoms with Gasteiger partial charge in [-0.05, 0) is 0 Å². The van der Waals surface area contributed by atoms with Crippen LogP contribution in [0.3, 0.4) is 0 Å². The Morgan fingerprint density at radius 3 is 1.94 bits per heavy atom. The minimum atomic E-state index is -1.38. The van der Waals surface area contributed by atoms with E-state index in [-0.39, 0.29) is 18.6 Å². The number of carbonyl (C=O) groups is 5. The lowest BCUT2D eigenvalue weighted by Gasteiger charge is -2.44. The van der Waals surface area contributed by atoms with Crippen molar-refractivity contribution < 1.29 is 48.0 Å². The molecule has 0 spiro atoms. The molecule has 1 aliphatic rings. The highest BCUT2D eigenvalue weighted by Crippen LogP contribution is 2.28. The molecule has 1 aromatic rings. The first-order valence-electron chi connectivity index (χ1n) is 10.3. The molecule has 2 rings (SSSR count). The molecule has 1 amide bonds. The lowest BCUT2D eigenvalue weighted by atomic mass is 9.97. The van der Waals surface area contributed by atoms with Gasteiger partial charge in [-0.3, -0.25) is 24.0 Å². The van der Waals surface area contributed by atoms with Gasteiger partial charge in [0.2, 0.25) is 5.91 Å². The number of amides is 1. The molecule has 180 valence electrons. The zero-order chi connectivity index (χ0) is 24.5. The van der Waals surface area contributed by atoms with Gasteiger partial charge in [-0.25, -0.2) is 0 Å². The number of hydrogen-bond acceptors (Lipinski definition) is 10. The van der Waals surface area contributed by atoms with Gasteiger partial charge in [0.15, 0.2) is 30.3 Å². The standard InChI is InChI=1S/C22H27NO10/c1-12(25)30-19-17(11-24)33-22(21(32-14(3)27)20(19)31-13(2)26)23-18(29)10-9-16(28)15-7-5-4-6-8-15/h4-8,17,19-22,24H,9-11H2,1-3H3,(H,23,29)/t17-,19-,20+,21-,22-/m1/s1. The van der Waals surface area contributed by atoms with Gasteiger partial charge in [0.05, 0.1) is 6.61 Å². The minimum Gasteiger partial charge on any atom is -0.456 e. The smallest absolute Gasteiger partial charge is 0.303 e. The molecule has 0 aromatic heterocycles. The molecule has 0 unspecified atom stereocenters. The maximum absolute atomic E-state index is 12.5. The van der Waals surface area contributed by atoms with E-state index >= 15 is 0 Å². The SMILES string of the molecule is CC(=O)O[C@@H]1[C@@H](OC(C)=O)[C@H](NC(=O)CCC(=O)c2ccccc2)O[C@H](CO)[C@H]1OC(C)=O. The summed E-state index contributed by atoms with van der Waals surface area (Å²) in [5, 5.41) is 12.2. The lowest BCUT2D eigenvalue weighted by Crippen LogP contribution is -2.66. The van der Waals surface area contributed by atoms with Crippen molar-refractivity contribution in [3.63, 3.8) is 0 Å². The summed E-state index contributed by atoms with van der Waals surface area (Å²) in [7, 11) is 0. The van der Waals surface area contributed by atoms with E-state index in [1.807, 2.05) is 0 Å². The fourth-order valence-electron chi connectivity index (χ4n) is 3.38. The molecule has 33 heavy (non-hydrogen) atoms. The van der Waals surface area contributed by atoms with Gasteiger partial charge in [0.1, 0.15) is 6.10 Å². The number of hydrogen-bond donors (Lipinski definition) is 2. The van der Waals surface area contributed by atoms with Gasteiger partial charge < -0.3 is 29.4 Å². The number of aliphatic hydroxyl groups excluding tert-OH is 1. The Morgan fingerprint density at radius 1 is 0.848 bits per heavy atom. The molecule has 1 saturated heterocycles. The van der Waals surface area contributed by atoms with E-state index in [1.54, 1.807) is 30.3 Å². The van der Waals surface area contributed by atoms with E-state index in [0.29, 0.717) is 5.56 Å². The number of ketones is 1. The average Bonchev–Trinajstić information content (AvgIpc) is 2.75. The molecule has 0 saturated carbocycles. The number of carbonyl (C=O) groups excluding carboxylic acids is 5. The summed E-state index contributed by atoms with van der Waals surface area (Å²) in [5.74, 6) is -3.14. The van der Waals surface area contributed by atoms with Gasteiger partial charge in [0.25, 0.3) is 0 Å². The zero-order valence-electron chi connectivity index (χ0n) is 18.5. The van der Waals surface area contributed by atoms with Crippen molar-refractivity contribution in [2.45, 2.75) is 64.3 Å². The van der Waals surface area contributed by atoms with Crippen LogP contribution >= 0.6 is 0 Å². The topological polar surface area (TPSA) is 155 Å². The van der Waals surface area contributed by atoms with Gasteiger partial charge in [-0.1, -0.05) is 30.3 Å². The van der Waals surface area contributed by atoms with Crippen LogP contribution in [0.5, 0.6) is 0 Å². The number of nitrogens with one attached hydrogen (secondary N) is 1. The Hall–Kier alpha value is -3.31. The van der Waals surface area contributed by atoms with E-state index in [0.717, 1.165) is 20.8 Å². The highest BCUT2D eigenvalue weighted by atomic mass is 16.7. The Balaban J connectivity index is 2.18. The molecular weight excluding hydrogens is 438 g/mol. The Morgan fingerprint density at radius 2 is 1.39 bits per heavy atom. The maximum atomic E-state index is 12.5. The summed E-state index contributed by atoms with van der Waals surface area (Å²) in [5.41, 5.74) is 0.455. The molecular formula is C22H27NO10. The lowest BCUT2D eigenvalue weighted by molar-refractivity contribution is -0.255. The third kappa shape index (κ3) is 7.65. The molecule has 0 aliphatic carbocycles. The van der Waals surface area contributed by atoms with Gasteiger partial charge >= 0.3 is 17.9 Å². The quantitative estimate of drug-likeness (QED) is 0.295. The second kappa shape index (κ2) is 12.1. The number of ether oxygens (including phenoxy) is 4. The van der Waals surface area contributed by atoms with Crippen molar-refractivity contribution in [1.82, 2.24) is 5.32 Å². The van der Waals surface area contributed by atoms with Crippen molar-refractivity contribution >= 4 is 29.6 Å². The molecule has 1 fully saturated rings. The Labute approximate surface area is 190 Å². The highest BCUT2D eigenvalue weighted by Gasteiger charge is 2.52. The van der Waals surface area contributed by atoms with Crippen LogP contribution in [0.1, 0.15) is 44.0 Å². The average molecular weight is 465 g/mol. The zero-order valence-corrected chi connectivity index (χ0v) is 18.5. The van der Waals surface area contributed by atoms with Crippen LogP contribution in [0.25, 0.3) is 0 Å². The van der Waals surface area contributed by atoms with Crippen LogP contribution < -0.4 is 5.32 Å². The molecule has 0 radical (unpaired) electrons. The predicted octanol–water partition coefficient (Wildman–Crippen LogP) is 0.278. The van der Waals surface area contributed by atoms with Crippen LogP contribution in [-0.4, -0.2) is 72.0 Å². The van der Waals surface area contributed by atoms with Crippen molar-refractivity contribution in [2.75, 3.05) is 6.61 Å². The molecule has 2 N–H and O–H groups in total. The molecule has 11 heteroatoms. The molecule has 0 bridgehead atoms. The van der Waals surface area contributed by atoms with Crippen molar-refractivity contribution in [3.8, 4) is 0 Å². The Kier molecular flexibility index (Phi) is 9.49. The van der Waals surface area contributed by atoms with Gasteiger partial charge in [-0.15, -0.1) is 0 Å². The van der Waals surface area contributed by atoms with Crippen LogP contribution in [0, 0.1) is 0 Å². The molecule has 1 aromatic carbocycles. The van der Waals surface area contributed by atoms with Crippen LogP contribution in [0.4, 0.5) is 0 Å². The number of aliphatic hydroxyl groups is 1. The summed E-state index contributed by atoms with van der Waals surface area (Å²) >= 11 is 0. The normalized spacial score (nSPS) is 24.3. The third-order valence-corrected chi connectivity index (χ3v) is 4.70. The van der Waals surface area contributed by atoms with Crippen LogP contribution in [-0.2, 0) is 38.1 Å². The predicted molar refractivity (Wildman–Crippen MR) is 111 cm³/mol. The van der Waals surface area contributed by atoms with Crippen molar-refractivity contribution in [1.29, 1.82) is 0 Å². The largest absolute Gasteiger partial charge is 0.456 e. The first-order valence-corrected chi connectivity index (χ1v) is 10.3. The van der Waals surface area contributed by atoms with Crippen molar-refractivity contribution in [2.24, 2.45) is 0 Å². The van der Waals surface area contributed by atoms with E-state index in [1.165, 1.54) is 0 Å².